The maximum Gasteiger partial charge on any atom is 0.118 e. The fourth-order valence-corrected chi connectivity index (χ4v) is 4.43. The summed E-state index contributed by atoms with van der Waals surface area (Å²) in [4.78, 5) is 0. The molecule has 0 radical (unpaired) electrons. The molecule has 1 heterocycles. The molecule has 0 spiro atoms. The molecule has 1 aliphatic carbocycles. The molecule has 2 aromatic rings. The Morgan fingerprint density at radius 1 is 1.12 bits per heavy atom. The van der Waals surface area contributed by atoms with Gasteiger partial charge in [-0.15, -0.1) is 0 Å². The molecule has 2 atom stereocenters. The molecule has 2 nitrogen and oxygen atoms in total. The van der Waals surface area contributed by atoms with Crippen LogP contribution in [0.1, 0.15) is 75.1 Å². The molecule has 0 bridgehead atoms. The van der Waals surface area contributed by atoms with Gasteiger partial charge in [-0.3, -0.25) is 0 Å². The van der Waals surface area contributed by atoms with Gasteiger partial charge in [-0.25, -0.2) is 0 Å². The van der Waals surface area contributed by atoms with E-state index in [1.807, 2.05) is 0 Å². The van der Waals surface area contributed by atoms with Crippen molar-refractivity contribution in [3.05, 3.63) is 53.3 Å². The van der Waals surface area contributed by atoms with Crippen molar-refractivity contribution in [2.75, 3.05) is 7.11 Å². The van der Waals surface area contributed by atoms with Crippen molar-refractivity contribution >= 4 is 0 Å². The summed E-state index contributed by atoms with van der Waals surface area (Å²) in [5.41, 5.74) is 4.81. The lowest BCUT2D eigenvalue weighted by molar-refractivity contribution is 0.394. The van der Waals surface area contributed by atoms with Crippen LogP contribution in [0.25, 0.3) is 0 Å². The van der Waals surface area contributed by atoms with Crippen molar-refractivity contribution < 1.29 is 4.74 Å². The van der Waals surface area contributed by atoms with E-state index in [0.717, 1.165) is 5.75 Å². The lowest BCUT2D eigenvalue weighted by atomic mass is 9.78. The highest BCUT2D eigenvalue weighted by atomic mass is 16.5. The minimum atomic E-state index is 0.314. The molecule has 24 heavy (non-hydrogen) atoms. The molecule has 3 rings (SSSR count). The molecule has 2 heteroatoms. The van der Waals surface area contributed by atoms with Gasteiger partial charge in [0, 0.05) is 24.9 Å². The van der Waals surface area contributed by atoms with E-state index in [1.165, 1.54) is 49.8 Å². The average Bonchev–Trinajstić information content (AvgIpc) is 3.12. The Balaban J connectivity index is 1.85. The van der Waals surface area contributed by atoms with Crippen LogP contribution in [0.3, 0.4) is 0 Å². The molecule has 0 N–H and O–H groups in total. The fraction of sp³-hybridized carbons (Fsp3) is 0.545. The van der Waals surface area contributed by atoms with Gasteiger partial charge in [0.25, 0.3) is 0 Å². The van der Waals surface area contributed by atoms with E-state index < -0.39 is 0 Å². The number of ether oxygens (including phenoxy) is 1. The van der Waals surface area contributed by atoms with Crippen molar-refractivity contribution in [3.8, 4) is 5.75 Å². The van der Waals surface area contributed by atoms with Gasteiger partial charge in [0.1, 0.15) is 5.75 Å². The summed E-state index contributed by atoms with van der Waals surface area (Å²) >= 11 is 0. The van der Waals surface area contributed by atoms with E-state index in [9.17, 15) is 0 Å². The third kappa shape index (κ3) is 3.11. The molecule has 0 amide bonds. The fourth-order valence-electron chi connectivity index (χ4n) is 4.43. The second kappa shape index (κ2) is 7.04. The molecule has 1 aliphatic rings. The predicted molar refractivity (Wildman–Crippen MR) is 101 cm³/mol. The lowest BCUT2D eigenvalue weighted by Gasteiger charge is -2.25. The number of hydrogen-bond donors (Lipinski definition) is 0. The van der Waals surface area contributed by atoms with Gasteiger partial charge >= 0.3 is 0 Å². The molecular weight excluding hydrogens is 294 g/mol. The maximum atomic E-state index is 5.32. The van der Waals surface area contributed by atoms with E-state index in [2.05, 4.69) is 62.0 Å². The first kappa shape index (κ1) is 17.1. The standard InChI is InChI=1S/C22H31NO/c1-5-6-7-8-14-22(2)16-19(21-20(22)13-15-23(21)3)17-9-11-18(24-4)12-10-17/h9-13,15,19H,5-8,14,16H2,1-4H3. The number of fused-ring (bicyclic) bond motifs is 1. The largest absolute Gasteiger partial charge is 0.497 e. The predicted octanol–water partition coefficient (Wildman–Crippen LogP) is 5.80. The third-order valence-corrected chi connectivity index (χ3v) is 5.86. The molecule has 2 unspecified atom stereocenters. The maximum absolute atomic E-state index is 5.32. The van der Waals surface area contributed by atoms with Crippen LogP contribution in [0.4, 0.5) is 0 Å². The molecule has 130 valence electrons. The van der Waals surface area contributed by atoms with Crippen LogP contribution in [-0.4, -0.2) is 11.7 Å². The number of aromatic nitrogens is 1. The van der Waals surface area contributed by atoms with Gasteiger partial charge < -0.3 is 9.30 Å². The van der Waals surface area contributed by atoms with E-state index in [-0.39, 0.29) is 0 Å². The zero-order valence-electron chi connectivity index (χ0n) is 15.6. The van der Waals surface area contributed by atoms with Crippen molar-refractivity contribution in [3.63, 3.8) is 0 Å². The Hall–Kier alpha value is -1.70. The molecule has 1 aromatic heterocycles. The molecule has 0 fully saturated rings. The van der Waals surface area contributed by atoms with Crippen LogP contribution in [0, 0.1) is 0 Å². The highest BCUT2D eigenvalue weighted by Gasteiger charge is 2.42. The Kier molecular flexibility index (Phi) is 5.03. The zero-order chi connectivity index (χ0) is 17.2. The van der Waals surface area contributed by atoms with Gasteiger partial charge in [0.05, 0.1) is 7.11 Å². The Labute approximate surface area is 146 Å². The van der Waals surface area contributed by atoms with Gasteiger partial charge in [-0.2, -0.15) is 0 Å². The topological polar surface area (TPSA) is 14.2 Å². The van der Waals surface area contributed by atoms with Crippen LogP contribution in [-0.2, 0) is 12.5 Å². The Bertz CT molecular complexity index is 670. The summed E-state index contributed by atoms with van der Waals surface area (Å²) in [5, 5.41) is 0. The van der Waals surface area contributed by atoms with E-state index in [1.54, 1.807) is 12.7 Å². The SMILES string of the molecule is CCCCCCC1(C)CC(c2ccc(OC)cc2)c2c1ccn2C. The monoisotopic (exact) mass is 325 g/mol. The van der Waals surface area contributed by atoms with Gasteiger partial charge in [0.2, 0.25) is 0 Å². The Morgan fingerprint density at radius 3 is 2.54 bits per heavy atom. The molecule has 1 aromatic carbocycles. The highest BCUT2D eigenvalue weighted by molar-refractivity contribution is 5.46. The van der Waals surface area contributed by atoms with Gasteiger partial charge in [-0.05, 0) is 47.6 Å². The number of unbranched alkanes of at least 4 members (excludes halogenated alkanes) is 3. The number of aryl methyl sites for hydroxylation is 1. The molecule has 0 saturated heterocycles. The summed E-state index contributed by atoms with van der Waals surface area (Å²) in [7, 11) is 3.92. The van der Waals surface area contributed by atoms with Crippen molar-refractivity contribution in [2.24, 2.45) is 7.05 Å². The summed E-state index contributed by atoms with van der Waals surface area (Å²) in [6.07, 6.45) is 10.1. The first-order chi connectivity index (χ1) is 11.6. The second-order valence-electron chi connectivity index (χ2n) is 7.63. The second-order valence-corrected chi connectivity index (χ2v) is 7.63. The van der Waals surface area contributed by atoms with E-state index >= 15 is 0 Å². The zero-order valence-corrected chi connectivity index (χ0v) is 15.6. The lowest BCUT2D eigenvalue weighted by Crippen LogP contribution is -2.18. The summed E-state index contributed by atoms with van der Waals surface area (Å²) < 4.78 is 7.66. The highest BCUT2D eigenvalue weighted by Crippen LogP contribution is 2.51. The van der Waals surface area contributed by atoms with E-state index in [0.29, 0.717) is 11.3 Å². The van der Waals surface area contributed by atoms with Crippen LogP contribution in [0.15, 0.2) is 36.5 Å². The van der Waals surface area contributed by atoms with Crippen molar-refractivity contribution in [1.29, 1.82) is 0 Å². The third-order valence-electron chi connectivity index (χ3n) is 5.86. The minimum absolute atomic E-state index is 0.314. The van der Waals surface area contributed by atoms with Crippen LogP contribution in [0.5, 0.6) is 5.75 Å². The first-order valence-electron chi connectivity index (χ1n) is 9.38. The first-order valence-corrected chi connectivity index (χ1v) is 9.38. The Morgan fingerprint density at radius 2 is 1.88 bits per heavy atom. The molecule has 0 saturated carbocycles. The number of nitrogens with zero attached hydrogens (tertiary/aromatic N) is 1. The van der Waals surface area contributed by atoms with E-state index in [4.69, 9.17) is 4.74 Å². The van der Waals surface area contributed by atoms with Gasteiger partial charge in [-0.1, -0.05) is 51.7 Å². The molecule has 0 aliphatic heterocycles. The number of benzene rings is 1. The normalized spacial score (nSPS) is 22.6. The summed E-state index contributed by atoms with van der Waals surface area (Å²) in [6, 6.07) is 11.0. The quantitative estimate of drug-likeness (QED) is 0.587. The van der Waals surface area contributed by atoms with Crippen LogP contribution >= 0.6 is 0 Å². The van der Waals surface area contributed by atoms with Crippen LogP contribution < -0.4 is 4.74 Å². The minimum Gasteiger partial charge on any atom is -0.497 e. The summed E-state index contributed by atoms with van der Waals surface area (Å²) in [5.74, 6) is 1.44. The number of hydrogen-bond acceptors (Lipinski definition) is 1. The van der Waals surface area contributed by atoms with Crippen molar-refractivity contribution in [2.45, 2.75) is 63.7 Å². The average molecular weight is 325 g/mol. The summed E-state index contributed by atoms with van der Waals surface area (Å²) in [6.45, 7) is 4.76. The number of rotatable bonds is 7. The number of methoxy groups -OCH3 is 1. The van der Waals surface area contributed by atoms with Crippen molar-refractivity contribution in [1.82, 2.24) is 4.57 Å². The molecular formula is C22H31NO. The van der Waals surface area contributed by atoms with Gasteiger partial charge in [0.15, 0.2) is 0 Å². The van der Waals surface area contributed by atoms with Crippen LogP contribution in [0.2, 0.25) is 0 Å². The smallest absolute Gasteiger partial charge is 0.118 e.